The lowest BCUT2D eigenvalue weighted by Gasteiger charge is -2.26. The van der Waals surface area contributed by atoms with Crippen LogP contribution in [-0.2, 0) is 9.47 Å². The van der Waals surface area contributed by atoms with Crippen LogP contribution in [0.5, 0.6) is 0 Å². The van der Waals surface area contributed by atoms with E-state index in [1.54, 1.807) is 0 Å². The smallest absolute Gasteiger partial charge is 0.0619 e. The fourth-order valence-corrected chi connectivity index (χ4v) is 1.08. The minimum atomic E-state index is 0.511. The average Bonchev–Trinajstić information content (AvgIpc) is 1.93. The van der Waals surface area contributed by atoms with Gasteiger partial charge >= 0.3 is 0 Å². The van der Waals surface area contributed by atoms with Crippen LogP contribution in [0.3, 0.4) is 0 Å². The molecule has 66 valence electrons. The quantitative estimate of drug-likeness (QED) is 0.550. The summed E-state index contributed by atoms with van der Waals surface area (Å²) < 4.78 is 10.7. The van der Waals surface area contributed by atoms with Gasteiger partial charge in [-0.3, -0.25) is 0 Å². The first kappa shape index (κ1) is 9.01. The predicted molar refractivity (Wildman–Crippen MR) is 44.7 cm³/mol. The van der Waals surface area contributed by atoms with Crippen molar-refractivity contribution in [3.63, 3.8) is 0 Å². The molecule has 1 aliphatic rings. The van der Waals surface area contributed by atoms with Crippen molar-refractivity contribution in [1.29, 1.82) is 0 Å². The highest BCUT2D eigenvalue weighted by molar-refractivity contribution is 4.65. The lowest BCUT2D eigenvalue weighted by Crippen LogP contribution is -2.27. The summed E-state index contributed by atoms with van der Waals surface area (Å²) in [6, 6.07) is 0. The molecule has 1 unspecified atom stereocenters. The van der Waals surface area contributed by atoms with E-state index in [9.17, 15) is 0 Å². The summed E-state index contributed by atoms with van der Waals surface area (Å²) in [6.07, 6.45) is 5.24. The van der Waals surface area contributed by atoms with Crippen LogP contribution in [0.1, 0.15) is 32.6 Å². The molecule has 0 amide bonds. The Bertz CT molecular complexity index is 89.6. The van der Waals surface area contributed by atoms with Gasteiger partial charge in [0.1, 0.15) is 0 Å². The van der Waals surface area contributed by atoms with E-state index in [4.69, 9.17) is 9.47 Å². The topological polar surface area (TPSA) is 18.5 Å². The lowest BCUT2D eigenvalue weighted by atomic mass is 10.1. The van der Waals surface area contributed by atoms with Gasteiger partial charge in [-0.15, -0.1) is 0 Å². The Morgan fingerprint density at radius 2 is 2.27 bits per heavy atom. The average molecular weight is 158 g/mol. The molecule has 0 saturated carbocycles. The van der Waals surface area contributed by atoms with Crippen molar-refractivity contribution in [2.45, 2.75) is 38.7 Å². The molecule has 1 aliphatic heterocycles. The molecule has 0 bridgehead atoms. The zero-order valence-corrected chi connectivity index (χ0v) is 7.34. The molecule has 1 fully saturated rings. The van der Waals surface area contributed by atoms with E-state index in [2.05, 4.69) is 6.92 Å². The summed E-state index contributed by atoms with van der Waals surface area (Å²) in [5.74, 6) is 0. The van der Waals surface area contributed by atoms with Crippen LogP contribution in [0.15, 0.2) is 0 Å². The predicted octanol–water partition coefficient (Wildman–Crippen LogP) is 1.98. The monoisotopic (exact) mass is 158 g/mol. The largest absolute Gasteiger partial charge is 0.381 e. The SMILES string of the molecule is CCCCOCCC1CCO1. The second-order valence-electron chi connectivity index (χ2n) is 3.04. The minimum absolute atomic E-state index is 0.511. The van der Waals surface area contributed by atoms with Gasteiger partial charge in [-0.05, 0) is 19.3 Å². The van der Waals surface area contributed by atoms with Gasteiger partial charge < -0.3 is 9.47 Å². The van der Waals surface area contributed by atoms with Gasteiger partial charge in [0.2, 0.25) is 0 Å². The third-order valence-electron chi connectivity index (χ3n) is 2.02. The molecule has 11 heavy (non-hydrogen) atoms. The Morgan fingerprint density at radius 3 is 2.82 bits per heavy atom. The van der Waals surface area contributed by atoms with Gasteiger partial charge in [-0.1, -0.05) is 13.3 Å². The van der Waals surface area contributed by atoms with Crippen molar-refractivity contribution >= 4 is 0 Å². The second-order valence-corrected chi connectivity index (χ2v) is 3.04. The maximum atomic E-state index is 5.40. The summed E-state index contributed by atoms with van der Waals surface area (Å²) in [6.45, 7) is 4.94. The van der Waals surface area contributed by atoms with E-state index in [0.717, 1.165) is 26.2 Å². The van der Waals surface area contributed by atoms with Crippen LogP contribution in [-0.4, -0.2) is 25.9 Å². The molecule has 0 aromatic heterocycles. The third kappa shape index (κ3) is 3.73. The van der Waals surface area contributed by atoms with Gasteiger partial charge in [0.05, 0.1) is 6.10 Å². The highest BCUT2D eigenvalue weighted by Crippen LogP contribution is 2.14. The molecule has 2 heteroatoms. The number of hydrogen-bond acceptors (Lipinski definition) is 2. The van der Waals surface area contributed by atoms with Crippen molar-refractivity contribution in [3.05, 3.63) is 0 Å². The molecular formula is C9H18O2. The first-order valence-electron chi connectivity index (χ1n) is 4.63. The Balaban J connectivity index is 1.73. The minimum Gasteiger partial charge on any atom is -0.381 e. The van der Waals surface area contributed by atoms with E-state index < -0.39 is 0 Å². The van der Waals surface area contributed by atoms with Crippen LogP contribution >= 0.6 is 0 Å². The fraction of sp³-hybridized carbons (Fsp3) is 1.00. The number of ether oxygens (including phenoxy) is 2. The molecule has 0 spiro atoms. The molecule has 1 atom stereocenters. The molecule has 0 aliphatic carbocycles. The first-order valence-corrected chi connectivity index (χ1v) is 4.63. The van der Waals surface area contributed by atoms with Gasteiger partial charge in [0, 0.05) is 19.8 Å². The van der Waals surface area contributed by atoms with Crippen molar-refractivity contribution in [2.24, 2.45) is 0 Å². The van der Waals surface area contributed by atoms with Gasteiger partial charge in [0.25, 0.3) is 0 Å². The highest BCUT2D eigenvalue weighted by Gasteiger charge is 2.16. The first-order chi connectivity index (χ1) is 5.43. The standard InChI is InChI=1S/C9H18O2/c1-2-3-6-10-7-4-9-5-8-11-9/h9H,2-8H2,1H3. The zero-order chi connectivity index (χ0) is 7.94. The molecule has 0 aromatic carbocycles. The van der Waals surface area contributed by atoms with Gasteiger partial charge in [-0.25, -0.2) is 0 Å². The summed E-state index contributed by atoms with van der Waals surface area (Å²) in [4.78, 5) is 0. The highest BCUT2D eigenvalue weighted by atomic mass is 16.5. The van der Waals surface area contributed by atoms with Crippen LogP contribution in [0.4, 0.5) is 0 Å². The normalized spacial score (nSPS) is 23.2. The summed E-state index contributed by atoms with van der Waals surface area (Å²) in [5, 5.41) is 0. The Hall–Kier alpha value is -0.0800. The van der Waals surface area contributed by atoms with Crippen LogP contribution in [0.2, 0.25) is 0 Å². The maximum absolute atomic E-state index is 5.40. The molecule has 1 rings (SSSR count). The van der Waals surface area contributed by atoms with E-state index in [1.807, 2.05) is 0 Å². The molecular weight excluding hydrogens is 140 g/mol. The molecule has 0 N–H and O–H groups in total. The number of rotatable bonds is 6. The van der Waals surface area contributed by atoms with E-state index in [0.29, 0.717) is 6.10 Å². The summed E-state index contributed by atoms with van der Waals surface area (Å²) in [7, 11) is 0. The Kier molecular flexibility index (Phi) is 4.55. The lowest BCUT2D eigenvalue weighted by molar-refractivity contribution is -0.0665. The van der Waals surface area contributed by atoms with Crippen LogP contribution in [0, 0.1) is 0 Å². The maximum Gasteiger partial charge on any atom is 0.0619 e. The van der Waals surface area contributed by atoms with Crippen molar-refractivity contribution in [3.8, 4) is 0 Å². The Labute approximate surface area is 68.9 Å². The van der Waals surface area contributed by atoms with E-state index in [-0.39, 0.29) is 0 Å². The van der Waals surface area contributed by atoms with Crippen molar-refractivity contribution in [2.75, 3.05) is 19.8 Å². The summed E-state index contributed by atoms with van der Waals surface area (Å²) >= 11 is 0. The summed E-state index contributed by atoms with van der Waals surface area (Å²) in [5.41, 5.74) is 0. The van der Waals surface area contributed by atoms with Crippen LogP contribution in [0.25, 0.3) is 0 Å². The Morgan fingerprint density at radius 1 is 1.45 bits per heavy atom. The number of hydrogen-bond donors (Lipinski definition) is 0. The van der Waals surface area contributed by atoms with E-state index in [1.165, 1.54) is 19.3 Å². The molecule has 2 nitrogen and oxygen atoms in total. The zero-order valence-electron chi connectivity index (χ0n) is 7.34. The molecule has 0 radical (unpaired) electrons. The van der Waals surface area contributed by atoms with Crippen molar-refractivity contribution in [1.82, 2.24) is 0 Å². The van der Waals surface area contributed by atoms with E-state index >= 15 is 0 Å². The van der Waals surface area contributed by atoms with Gasteiger partial charge in [0.15, 0.2) is 0 Å². The van der Waals surface area contributed by atoms with Gasteiger partial charge in [-0.2, -0.15) is 0 Å². The second kappa shape index (κ2) is 5.56. The molecule has 0 aromatic rings. The fourth-order valence-electron chi connectivity index (χ4n) is 1.08. The van der Waals surface area contributed by atoms with Crippen LogP contribution < -0.4 is 0 Å². The molecule has 1 saturated heterocycles. The van der Waals surface area contributed by atoms with Crippen molar-refractivity contribution < 1.29 is 9.47 Å². The third-order valence-corrected chi connectivity index (χ3v) is 2.02. The molecule has 1 heterocycles. The number of unbranched alkanes of at least 4 members (excludes halogenated alkanes) is 1.